The number of carboxylic acids is 1. The summed E-state index contributed by atoms with van der Waals surface area (Å²) in [5, 5.41) is 22.9. The summed E-state index contributed by atoms with van der Waals surface area (Å²) >= 11 is 0. The predicted molar refractivity (Wildman–Crippen MR) is 134 cm³/mol. The minimum absolute atomic E-state index is 0.230. The van der Waals surface area contributed by atoms with Crippen molar-refractivity contribution in [2.45, 2.75) is 51.7 Å². The summed E-state index contributed by atoms with van der Waals surface area (Å²) in [6.45, 7) is 4.84. The molecule has 1 saturated heterocycles. The lowest BCUT2D eigenvalue weighted by Crippen LogP contribution is -2.47. The van der Waals surface area contributed by atoms with Crippen LogP contribution in [0.5, 0.6) is 0 Å². The third kappa shape index (κ3) is 5.53. The number of nitrogens with zero attached hydrogens (tertiary/aromatic N) is 4. The summed E-state index contributed by atoms with van der Waals surface area (Å²) in [6.07, 6.45) is 7.68. The van der Waals surface area contributed by atoms with Crippen molar-refractivity contribution in [2.75, 3.05) is 19.6 Å². The first kappa shape index (κ1) is 24.3. The summed E-state index contributed by atoms with van der Waals surface area (Å²) < 4.78 is 7.41. The molecule has 2 aliphatic rings. The van der Waals surface area contributed by atoms with E-state index in [4.69, 9.17) is 9.63 Å². The van der Waals surface area contributed by atoms with Gasteiger partial charge in [0.25, 0.3) is 0 Å². The Bertz CT molecular complexity index is 1250. The number of imidazole rings is 1. The van der Waals surface area contributed by atoms with Gasteiger partial charge in [0, 0.05) is 42.0 Å². The molecule has 1 aromatic carbocycles. The van der Waals surface area contributed by atoms with E-state index < -0.39 is 12.1 Å². The topological polar surface area (TPSA) is 105 Å². The van der Waals surface area contributed by atoms with E-state index in [-0.39, 0.29) is 6.42 Å². The number of benzene rings is 1. The maximum absolute atomic E-state index is 10.8. The molecule has 0 radical (unpaired) electrons. The maximum atomic E-state index is 10.8. The summed E-state index contributed by atoms with van der Waals surface area (Å²) in [5.74, 6) is 7.81. The molecule has 1 aliphatic heterocycles. The molecule has 0 amide bonds. The molecule has 8 nitrogen and oxygen atoms in total. The van der Waals surface area contributed by atoms with Gasteiger partial charge < -0.3 is 24.2 Å². The number of aliphatic hydroxyl groups is 1. The van der Waals surface area contributed by atoms with Gasteiger partial charge in [0.05, 0.1) is 13.0 Å². The number of carboxylic acid groups (broad SMARTS) is 1. The van der Waals surface area contributed by atoms with E-state index in [9.17, 15) is 9.90 Å². The van der Waals surface area contributed by atoms with E-state index in [1.54, 1.807) is 13.1 Å². The van der Waals surface area contributed by atoms with Gasteiger partial charge in [-0.2, -0.15) is 0 Å². The molecule has 188 valence electrons. The van der Waals surface area contributed by atoms with Crippen LogP contribution in [0, 0.1) is 23.2 Å². The minimum Gasteiger partial charge on any atom is -0.481 e. The molecule has 36 heavy (non-hydrogen) atoms. The van der Waals surface area contributed by atoms with Gasteiger partial charge in [-0.15, -0.1) is 0 Å². The lowest BCUT2D eigenvalue weighted by Gasteiger charge is -2.51. The smallest absolute Gasteiger partial charge is 0.304 e. The van der Waals surface area contributed by atoms with Gasteiger partial charge >= 0.3 is 5.97 Å². The lowest BCUT2D eigenvalue weighted by atomic mass is 9.58. The van der Waals surface area contributed by atoms with E-state index in [2.05, 4.69) is 26.9 Å². The maximum Gasteiger partial charge on any atom is 0.304 e. The highest BCUT2D eigenvalue weighted by Gasteiger charge is 2.45. The van der Waals surface area contributed by atoms with Gasteiger partial charge in [0.2, 0.25) is 0 Å². The van der Waals surface area contributed by atoms with E-state index in [0.29, 0.717) is 36.0 Å². The Morgan fingerprint density at radius 2 is 2.00 bits per heavy atom. The molecule has 2 fully saturated rings. The van der Waals surface area contributed by atoms with E-state index in [1.165, 1.54) is 0 Å². The zero-order valence-electron chi connectivity index (χ0n) is 20.6. The second kappa shape index (κ2) is 10.3. The molecule has 2 N–H and O–H groups in total. The molecule has 5 rings (SSSR count). The first-order valence-corrected chi connectivity index (χ1v) is 12.6. The van der Waals surface area contributed by atoms with Gasteiger partial charge in [-0.1, -0.05) is 17.0 Å². The average molecular weight is 489 g/mol. The molecule has 1 spiro atoms. The Labute approximate surface area is 210 Å². The number of aromatic nitrogens is 3. The zero-order valence-corrected chi connectivity index (χ0v) is 20.6. The van der Waals surface area contributed by atoms with Crippen LogP contribution >= 0.6 is 0 Å². The second-order valence-electron chi connectivity index (χ2n) is 10.2. The highest BCUT2D eigenvalue weighted by Crippen LogP contribution is 2.52. The number of rotatable bonds is 7. The number of aliphatic hydroxyl groups excluding tert-OH is 1. The summed E-state index contributed by atoms with van der Waals surface area (Å²) in [5.41, 5.74) is 3.11. The summed E-state index contributed by atoms with van der Waals surface area (Å²) in [7, 11) is 0. The monoisotopic (exact) mass is 488 g/mol. The van der Waals surface area contributed by atoms with Crippen LogP contribution in [-0.4, -0.2) is 55.4 Å². The van der Waals surface area contributed by atoms with E-state index in [0.717, 1.165) is 55.6 Å². The van der Waals surface area contributed by atoms with Crippen molar-refractivity contribution in [3.8, 4) is 23.2 Å². The number of piperidine rings is 1. The third-order valence-corrected chi connectivity index (χ3v) is 7.52. The van der Waals surface area contributed by atoms with Crippen LogP contribution in [-0.2, 0) is 11.3 Å². The fourth-order valence-electron chi connectivity index (χ4n) is 5.42. The highest BCUT2D eigenvalue weighted by atomic mass is 16.5. The SMILES string of the molecule is C[C@H](O)c1nccn1Cc1cc(-c2ccc(C#CC3CC4(CCN(CCC(=O)O)CC4)C3)cc2)on1. The Morgan fingerprint density at radius 3 is 2.69 bits per heavy atom. The molecule has 3 heterocycles. The fourth-order valence-corrected chi connectivity index (χ4v) is 5.42. The largest absolute Gasteiger partial charge is 0.481 e. The predicted octanol–water partition coefficient (Wildman–Crippen LogP) is 3.96. The van der Waals surface area contributed by atoms with Crippen LogP contribution in [0.1, 0.15) is 62.2 Å². The van der Waals surface area contributed by atoms with Crippen LogP contribution in [0.3, 0.4) is 0 Å². The molecule has 1 atom stereocenters. The van der Waals surface area contributed by atoms with Gasteiger partial charge in [-0.25, -0.2) is 4.98 Å². The first-order valence-electron chi connectivity index (χ1n) is 12.6. The Balaban J connectivity index is 1.12. The van der Waals surface area contributed by atoms with Gasteiger partial charge in [0.15, 0.2) is 5.76 Å². The van der Waals surface area contributed by atoms with Crippen molar-refractivity contribution >= 4 is 5.97 Å². The van der Waals surface area contributed by atoms with Crippen molar-refractivity contribution in [2.24, 2.45) is 11.3 Å². The van der Waals surface area contributed by atoms with Gasteiger partial charge in [-0.05, 0) is 75.4 Å². The summed E-state index contributed by atoms with van der Waals surface area (Å²) in [6, 6.07) is 9.94. The quantitative estimate of drug-likeness (QED) is 0.485. The Hall–Kier alpha value is -3.41. The molecule has 3 aromatic rings. The lowest BCUT2D eigenvalue weighted by molar-refractivity contribution is -0.137. The molecule has 1 aliphatic carbocycles. The van der Waals surface area contributed by atoms with Crippen molar-refractivity contribution < 1.29 is 19.5 Å². The highest BCUT2D eigenvalue weighted by molar-refractivity contribution is 5.66. The molecule has 8 heteroatoms. The van der Waals surface area contributed by atoms with Crippen LogP contribution < -0.4 is 0 Å². The summed E-state index contributed by atoms with van der Waals surface area (Å²) in [4.78, 5) is 17.3. The molecular weight excluding hydrogens is 456 g/mol. The Kier molecular flexibility index (Phi) is 6.95. The van der Waals surface area contributed by atoms with Crippen LogP contribution in [0.25, 0.3) is 11.3 Å². The fraction of sp³-hybridized carbons (Fsp3) is 0.464. The molecule has 2 aromatic heterocycles. The molecular formula is C28H32N4O4. The van der Waals surface area contributed by atoms with Crippen molar-refractivity contribution in [3.05, 3.63) is 59.8 Å². The van der Waals surface area contributed by atoms with Crippen LogP contribution in [0.4, 0.5) is 0 Å². The molecule has 0 unspecified atom stereocenters. The van der Waals surface area contributed by atoms with E-state index in [1.807, 2.05) is 41.1 Å². The van der Waals surface area contributed by atoms with Crippen molar-refractivity contribution in [1.29, 1.82) is 0 Å². The number of aliphatic carboxylic acids is 1. The van der Waals surface area contributed by atoms with Crippen molar-refractivity contribution in [1.82, 2.24) is 19.6 Å². The number of hydrogen-bond acceptors (Lipinski definition) is 6. The number of hydrogen-bond donors (Lipinski definition) is 2. The minimum atomic E-state index is -0.717. The van der Waals surface area contributed by atoms with Crippen LogP contribution in [0.15, 0.2) is 47.2 Å². The molecule has 1 saturated carbocycles. The third-order valence-electron chi connectivity index (χ3n) is 7.52. The first-order chi connectivity index (χ1) is 17.4. The van der Waals surface area contributed by atoms with E-state index >= 15 is 0 Å². The number of carbonyl (C=O) groups is 1. The standard InChI is InChI=1S/C28H32N4O4/c1-20(33)27-29-11-15-32(27)19-24-16-25(36-30-24)23-6-4-21(5-7-23)2-3-22-17-28(18-22)9-13-31(14-10-28)12-8-26(34)35/h4-7,11,15-16,20,22,33H,8-10,12-14,17-19H2,1H3,(H,34,35)/t20-/m0/s1. The van der Waals surface area contributed by atoms with Crippen LogP contribution in [0.2, 0.25) is 0 Å². The second-order valence-corrected chi connectivity index (χ2v) is 10.2. The zero-order chi connectivity index (χ0) is 25.1. The Morgan fingerprint density at radius 1 is 1.25 bits per heavy atom. The van der Waals surface area contributed by atoms with Gasteiger partial charge in [-0.3, -0.25) is 4.79 Å². The normalized spacial score (nSPS) is 18.4. The molecule has 0 bridgehead atoms. The number of likely N-dealkylation sites (tertiary alicyclic amines) is 1. The average Bonchev–Trinajstić information content (AvgIpc) is 3.51. The van der Waals surface area contributed by atoms with Crippen molar-refractivity contribution in [3.63, 3.8) is 0 Å². The van der Waals surface area contributed by atoms with Gasteiger partial charge in [0.1, 0.15) is 17.6 Å².